The maximum absolute atomic E-state index is 13.6. The summed E-state index contributed by atoms with van der Waals surface area (Å²) in [6.45, 7) is 6.07. The Kier molecular flexibility index (Phi) is 6.00. The predicted octanol–water partition coefficient (Wildman–Crippen LogP) is 3.92. The summed E-state index contributed by atoms with van der Waals surface area (Å²) in [6.07, 6.45) is 3.35. The first-order valence-corrected chi connectivity index (χ1v) is 8.19. The average Bonchev–Trinajstić information content (AvgIpc) is 2.86. The lowest BCUT2D eigenvalue weighted by Crippen LogP contribution is -2.39. The van der Waals surface area contributed by atoms with Crippen LogP contribution < -0.4 is 5.32 Å². The third-order valence-corrected chi connectivity index (χ3v) is 4.81. The van der Waals surface area contributed by atoms with E-state index in [1.165, 1.54) is 6.07 Å². The normalized spacial score (nSPS) is 24.0. The second-order valence-electron chi connectivity index (χ2n) is 5.62. The zero-order chi connectivity index (χ0) is 14.5. The molecule has 0 aromatic heterocycles. The fraction of sp³-hybridized carbons (Fsp3) is 0.625. The first-order chi connectivity index (χ1) is 9.61. The molecule has 20 heavy (non-hydrogen) atoms. The summed E-state index contributed by atoms with van der Waals surface area (Å²) >= 11 is 3.36. The minimum Gasteiger partial charge on any atom is -0.378 e. The smallest absolute Gasteiger partial charge is 0.137 e. The number of rotatable bonds is 6. The lowest BCUT2D eigenvalue weighted by Gasteiger charge is -2.24. The molecule has 0 aliphatic carbocycles. The van der Waals surface area contributed by atoms with Crippen LogP contribution in [0.4, 0.5) is 4.39 Å². The molecule has 0 saturated carbocycles. The number of nitrogens with one attached hydrogen (secondary N) is 1. The molecule has 1 aromatic carbocycles. The van der Waals surface area contributed by atoms with Gasteiger partial charge in [0, 0.05) is 12.0 Å². The van der Waals surface area contributed by atoms with Gasteiger partial charge in [0.05, 0.1) is 17.2 Å². The van der Waals surface area contributed by atoms with Crippen LogP contribution in [0, 0.1) is 11.7 Å². The molecule has 0 amide bonds. The van der Waals surface area contributed by atoms with Crippen LogP contribution in [0.1, 0.15) is 32.3 Å². The van der Waals surface area contributed by atoms with Gasteiger partial charge in [-0.3, -0.25) is 0 Å². The van der Waals surface area contributed by atoms with Gasteiger partial charge in [-0.25, -0.2) is 4.39 Å². The summed E-state index contributed by atoms with van der Waals surface area (Å²) in [5.41, 5.74) is 1.03. The lowest BCUT2D eigenvalue weighted by atomic mass is 9.91. The predicted molar refractivity (Wildman–Crippen MR) is 83.4 cm³/mol. The van der Waals surface area contributed by atoms with Crippen molar-refractivity contribution in [3.8, 4) is 0 Å². The largest absolute Gasteiger partial charge is 0.378 e. The summed E-state index contributed by atoms with van der Waals surface area (Å²) in [7, 11) is 0. The van der Waals surface area contributed by atoms with Crippen molar-refractivity contribution in [3.63, 3.8) is 0 Å². The van der Waals surface area contributed by atoms with Gasteiger partial charge in [0.2, 0.25) is 0 Å². The van der Waals surface area contributed by atoms with Gasteiger partial charge >= 0.3 is 0 Å². The number of hydrogen-bond donors (Lipinski definition) is 1. The fourth-order valence-corrected chi connectivity index (χ4v) is 3.24. The van der Waals surface area contributed by atoms with Crippen LogP contribution in [0.3, 0.4) is 0 Å². The van der Waals surface area contributed by atoms with Crippen LogP contribution in [0.25, 0.3) is 0 Å². The van der Waals surface area contributed by atoms with Gasteiger partial charge in [0.25, 0.3) is 0 Å². The molecule has 3 unspecified atom stereocenters. The lowest BCUT2D eigenvalue weighted by molar-refractivity contribution is 0.117. The molecule has 0 bridgehead atoms. The van der Waals surface area contributed by atoms with Crippen LogP contribution in [-0.4, -0.2) is 25.3 Å². The highest BCUT2D eigenvalue weighted by atomic mass is 79.9. The van der Waals surface area contributed by atoms with Gasteiger partial charge in [-0.05, 0) is 60.3 Å². The van der Waals surface area contributed by atoms with Crippen molar-refractivity contribution in [1.29, 1.82) is 0 Å². The molecule has 4 heteroatoms. The molecule has 1 aliphatic rings. The van der Waals surface area contributed by atoms with E-state index in [4.69, 9.17) is 4.74 Å². The number of hydrogen-bond acceptors (Lipinski definition) is 2. The average molecular weight is 344 g/mol. The number of benzene rings is 1. The summed E-state index contributed by atoms with van der Waals surface area (Å²) in [5, 5.41) is 3.60. The zero-order valence-corrected chi connectivity index (χ0v) is 13.7. The zero-order valence-electron chi connectivity index (χ0n) is 12.2. The van der Waals surface area contributed by atoms with Crippen molar-refractivity contribution in [2.24, 2.45) is 5.92 Å². The Morgan fingerprint density at radius 2 is 2.30 bits per heavy atom. The molecule has 1 fully saturated rings. The Bertz CT molecular complexity index is 440. The Morgan fingerprint density at radius 1 is 1.50 bits per heavy atom. The molecular formula is C16H23BrFNO. The molecule has 0 spiro atoms. The highest BCUT2D eigenvalue weighted by molar-refractivity contribution is 9.10. The van der Waals surface area contributed by atoms with E-state index in [2.05, 4.69) is 35.1 Å². The van der Waals surface area contributed by atoms with Crippen molar-refractivity contribution in [3.05, 3.63) is 34.1 Å². The molecule has 2 nitrogen and oxygen atoms in total. The molecule has 1 aliphatic heterocycles. The van der Waals surface area contributed by atoms with Gasteiger partial charge in [0.15, 0.2) is 0 Å². The monoisotopic (exact) mass is 343 g/mol. The maximum atomic E-state index is 13.6. The summed E-state index contributed by atoms with van der Waals surface area (Å²) < 4.78 is 19.9. The molecule has 112 valence electrons. The second kappa shape index (κ2) is 7.53. The summed E-state index contributed by atoms with van der Waals surface area (Å²) in [5.74, 6) is 0.319. The topological polar surface area (TPSA) is 21.3 Å². The first-order valence-electron chi connectivity index (χ1n) is 7.39. The first kappa shape index (κ1) is 15.9. The van der Waals surface area contributed by atoms with E-state index in [9.17, 15) is 4.39 Å². The van der Waals surface area contributed by atoms with Crippen molar-refractivity contribution in [1.82, 2.24) is 5.32 Å². The highest BCUT2D eigenvalue weighted by Crippen LogP contribution is 2.27. The Balaban J connectivity index is 2.08. The molecule has 1 N–H and O–H groups in total. The molecular weight excluding hydrogens is 321 g/mol. The van der Waals surface area contributed by atoms with Gasteiger partial charge in [-0.15, -0.1) is 0 Å². The molecule has 2 rings (SSSR count). The summed E-state index contributed by atoms with van der Waals surface area (Å²) in [4.78, 5) is 0. The fourth-order valence-electron chi connectivity index (χ4n) is 2.81. The Hall–Kier alpha value is -0.450. The second-order valence-corrected chi connectivity index (χ2v) is 6.41. The molecule has 3 atom stereocenters. The standard InChI is InChI=1S/C16H23BrFNO/c1-3-7-19-15(13-8-11(2)20-10-13)9-12-5-4-6-14(18)16(12)17/h4-6,11,13,15,19H,3,7-10H2,1-2H3. The third-order valence-electron chi connectivity index (χ3n) is 3.93. The third kappa shape index (κ3) is 4.03. The van der Waals surface area contributed by atoms with Crippen molar-refractivity contribution in [2.75, 3.05) is 13.2 Å². The van der Waals surface area contributed by atoms with Crippen LogP contribution >= 0.6 is 15.9 Å². The molecule has 1 heterocycles. The van der Waals surface area contributed by atoms with E-state index in [-0.39, 0.29) is 5.82 Å². The van der Waals surface area contributed by atoms with Gasteiger partial charge in [-0.1, -0.05) is 19.1 Å². The van der Waals surface area contributed by atoms with Crippen molar-refractivity contribution < 1.29 is 9.13 Å². The minimum atomic E-state index is -0.187. The number of ether oxygens (including phenoxy) is 1. The summed E-state index contributed by atoms with van der Waals surface area (Å²) in [6, 6.07) is 5.61. The van der Waals surface area contributed by atoms with E-state index >= 15 is 0 Å². The van der Waals surface area contributed by atoms with E-state index in [1.54, 1.807) is 6.07 Å². The van der Waals surface area contributed by atoms with Crippen molar-refractivity contribution >= 4 is 15.9 Å². The van der Waals surface area contributed by atoms with E-state index in [0.717, 1.165) is 38.0 Å². The van der Waals surface area contributed by atoms with E-state index in [1.807, 2.05) is 6.07 Å². The number of halogens is 2. The SMILES string of the molecule is CCCNC(Cc1cccc(F)c1Br)C1COC(C)C1. The molecule has 0 radical (unpaired) electrons. The minimum absolute atomic E-state index is 0.187. The van der Waals surface area contributed by atoms with Gasteiger partial charge in [-0.2, -0.15) is 0 Å². The van der Waals surface area contributed by atoms with E-state index < -0.39 is 0 Å². The van der Waals surface area contributed by atoms with Crippen LogP contribution in [0.15, 0.2) is 22.7 Å². The van der Waals surface area contributed by atoms with Crippen LogP contribution in [0.2, 0.25) is 0 Å². The van der Waals surface area contributed by atoms with E-state index in [0.29, 0.717) is 22.5 Å². The Morgan fingerprint density at radius 3 is 2.95 bits per heavy atom. The van der Waals surface area contributed by atoms with Crippen LogP contribution in [-0.2, 0) is 11.2 Å². The maximum Gasteiger partial charge on any atom is 0.137 e. The van der Waals surface area contributed by atoms with Crippen molar-refractivity contribution in [2.45, 2.75) is 45.3 Å². The Labute approximate surface area is 129 Å². The quantitative estimate of drug-likeness (QED) is 0.845. The molecule has 1 saturated heterocycles. The van der Waals surface area contributed by atoms with Crippen LogP contribution in [0.5, 0.6) is 0 Å². The highest BCUT2D eigenvalue weighted by Gasteiger charge is 2.29. The van der Waals surface area contributed by atoms with Gasteiger partial charge < -0.3 is 10.1 Å². The molecule has 1 aromatic rings. The van der Waals surface area contributed by atoms with Gasteiger partial charge in [0.1, 0.15) is 5.82 Å².